The number of aliphatic hydroxyl groups excluding tert-OH is 1. The molecule has 12 heteroatoms. The minimum atomic E-state index is -4.04. The molecular formula is C13H13ClN6O3S2. The number of nitrogens with two attached hydrogens (primary N) is 1. The third-order valence-corrected chi connectivity index (χ3v) is 5.57. The molecule has 2 heterocycles. The van der Waals surface area contributed by atoms with Crippen molar-refractivity contribution in [3.05, 3.63) is 39.5 Å². The summed E-state index contributed by atoms with van der Waals surface area (Å²) >= 11 is 7.65. The summed E-state index contributed by atoms with van der Waals surface area (Å²) in [6.45, 7) is 0.0242. The fraction of sp³-hybridized carbons (Fsp3) is 0.154. The van der Waals surface area contributed by atoms with Gasteiger partial charge in [-0.2, -0.15) is 4.68 Å². The summed E-state index contributed by atoms with van der Waals surface area (Å²) in [5.41, 5.74) is 0.860. The van der Waals surface area contributed by atoms with Crippen LogP contribution in [-0.4, -0.2) is 33.7 Å². The van der Waals surface area contributed by atoms with Crippen molar-refractivity contribution in [1.82, 2.24) is 20.2 Å². The number of hydrogen-bond donors (Lipinski definition) is 3. The lowest BCUT2D eigenvalue weighted by Crippen LogP contribution is -2.14. The highest BCUT2D eigenvalue weighted by molar-refractivity contribution is 7.89. The molecule has 0 saturated heterocycles. The van der Waals surface area contributed by atoms with Crippen molar-refractivity contribution in [3.63, 3.8) is 0 Å². The van der Waals surface area contributed by atoms with Crippen molar-refractivity contribution in [3.8, 4) is 11.4 Å². The Bertz CT molecular complexity index is 987. The van der Waals surface area contributed by atoms with Gasteiger partial charge in [-0.1, -0.05) is 17.7 Å². The van der Waals surface area contributed by atoms with Gasteiger partial charge in [0.1, 0.15) is 11.6 Å². The molecule has 0 aliphatic carbocycles. The van der Waals surface area contributed by atoms with Crippen molar-refractivity contribution in [2.24, 2.45) is 5.14 Å². The van der Waals surface area contributed by atoms with E-state index in [1.807, 2.05) is 17.5 Å². The molecule has 4 N–H and O–H groups in total. The molecule has 2 aromatic heterocycles. The molecule has 0 bridgehead atoms. The number of hydrogen-bond acceptors (Lipinski definition) is 8. The molecule has 9 nitrogen and oxygen atoms in total. The van der Waals surface area contributed by atoms with Crippen LogP contribution in [-0.2, 0) is 23.3 Å². The highest BCUT2D eigenvalue weighted by Gasteiger charge is 2.21. The van der Waals surface area contributed by atoms with E-state index in [-0.39, 0.29) is 15.7 Å². The number of thiophene rings is 1. The third-order valence-electron chi connectivity index (χ3n) is 3.32. The maximum atomic E-state index is 11.8. The molecule has 0 aliphatic heterocycles. The molecule has 0 atom stereocenters. The molecule has 0 spiro atoms. The highest BCUT2D eigenvalue weighted by Crippen LogP contribution is 2.34. The van der Waals surface area contributed by atoms with Crippen LogP contribution in [0.2, 0.25) is 5.02 Å². The summed E-state index contributed by atoms with van der Waals surface area (Å²) in [6.07, 6.45) is 0. The van der Waals surface area contributed by atoms with E-state index in [0.29, 0.717) is 17.8 Å². The van der Waals surface area contributed by atoms with E-state index in [4.69, 9.17) is 16.7 Å². The van der Waals surface area contributed by atoms with Gasteiger partial charge in [-0.3, -0.25) is 0 Å². The molecule has 0 radical (unpaired) electrons. The van der Waals surface area contributed by atoms with Gasteiger partial charge < -0.3 is 10.4 Å². The largest absolute Gasteiger partial charge is 0.380 e. The van der Waals surface area contributed by atoms with Gasteiger partial charge in [0.05, 0.1) is 5.02 Å². The lowest BCUT2D eigenvalue weighted by atomic mass is 10.1. The highest BCUT2D eigenvalue weighted by atomic mass is 35.5. The fourth-order valence-electron chi connectivity index (χ4n) is 2.19. The van der Waals surface area contributed by atoms with Crippen LogP contribution >= 0.6 is 22.9 Å². The smallest absolute Gasteiger partial charge is 0.239 e. The van der Waals surface area contributed by atoms with Crippen molar-refractivity contribution >= 4 is 38.6 Å². The Hall–Kier alpha value is -2.05. The maximum absolute atomic E-state index is 11.8. The van der Waals surface area contributed by atoms with Crippen LogP contribution in [0.3, 0.4) is 0 Å². The standard InChI is InChI=1S/C13H13ClN6O3S2/c14-10-5-11(16-6-8-2-1-3-24-8)9(4-12(10)25(15,22)23)13-17-18-19-20(13)7-21/h1-5,16,21H,6-7H2,(H2,15,22,23). The van der Waals surface area contributed by atoms with Gasteiger partial charge in [-0.25, -0.2) is 13.6 Å². The number of sulfonamides is 1. The monoisotopic (exact) mass is 400 g/mol. The number of halogens is 1. The number of nitrogens with one attached hydrogen (secondary N) is 1. The molecule has 0 fully saturated rings. The van der Waals surface area contributed by atoms with Crippen LogP contribution in [0.5, 0.6) is 0 Å². The number of rotatable bonds is 6. The van der Waals surface area contributed by atoms with E-state index in [2.05, 4.69) is 20.8 Å². The maximum Gasteiger partial charge on any atom is 0.239 e. The van der Waals surface area contributed by atoms with Crippen LogP contribution in [0.25, 0.3) is 11.4 Å². The van der Waals surface area contributed by atoms with Gasteiger partial charge in [0.25, 0.3) is 0 Å². The minimum Gasteiger partial charge on any atom is -0.380 e. The van der Waals surface area contributed by atoms with Gasteiger partial charge in [0.2, 0.25) is 10.0 Å². The Balaban J connectivity index is 2.10. The van der Waals surface area contributed by atoms with E-state index in [1.54, 1.807) is 11.3 Å². The predicted molar refractivity (Wildman–Crippen MR) is 93.5 cm³/mol. The van der Waals surface area contributed by atoms with Crippen molar-refractivity contribution in [2.45, 2.75) is 18.2 Å². The number of anilines is 1. The zero-order valence-electron chi connectivity index (χ0n) is 12.6. The quantitative estimate of drug-likeness (QED) is 0.566. The van der Waals surface area contributed by atoms with Crippen molar-refractivity contribution < 1.29 is 13.5 Å². The lowest BCUT2D eigenvalue weighted by molar-refractivity contribution is 0.194. The molecule has 25 heavy (non-hydrogen) atoms. The average Bonchev–Trinajstić information content (AvgIpc) is 3.23. The SMILES string of the molecule is NS(=O)(=O)c1cc(-c2nnnn2CO)c(NCc2cccs2)cc1Cl. The molecule has 132 valence electrons. The molecule has 0 saturated carbocycles. The predicted octanol–water partition coefficient (Wildman–Crippen LogP) is 1.26. The first-order valence-electron chi connectivity index (χ1n) is 6.90. The van der Waals surface area contributed by atoms with Crippen LogP contribution in [0.15, 0.2) is 34.5 Å². The van der Waals surface area contributed by atoms with Crippen LogP contribution in [0.4, 0.5) is 5.69 Å². The zero-order chi connectivity index (χ0) is 18.0. The van der Waals surface area contributed by atoms with E-state index in [1.165, 1.54) is 12.1 Å². The first-order valence-corrected chi connectivity index (χ1v) is 9.70. The van der Waals surface area contributed by atoms with Gasteiger partial charge in [-0.05, 0) is 34.0 Å². The summed E-state index contributed by atoms with van der Waals surface area (Å²) in [6, 6.07) is 6.61. The fourth-order valence-corrected chi connectivity index (χ4v) is 3.93. The van der Waals surface area contributed by atoms with E-state index >= 15 is 0 Å². The molecule has 3 rings (SSSR count). The molecule has 0 unspecified atom stereocenters. The Morgan fingerprint density at radius 1 is 1.40 bits per heavy atom. The summed E-state index contributed by atoms with van der Waals surface area (Å²) < 4.78 is 24.6. The molecule has 0 aliphatic rings. The average molecular weight is 401 g/mol. The first-order chi connectivity index (χ1) is 11.9. The Kier molecular flexibility index (Phi) is 5.01. The zero-order valence-corrected chi connectivity index (χ0v) is 15.0. The number of primary sulfonamides is 1. The Morgan fingerprint density at radius 2 is 2.20 bits per heavy atom. The van der Waals surface area contributed by atoms with Crippen LogP contribution in [0.1, 0.15) is 4.88 Å². The van der Waals surface area contributed by atoms with Crippen molar-refractivity contribution in [1.29, 1.82) is 0 Å². The van der Waals surface area contributed by atoms with E-state index < -0.39 is 16.8 Å². The van der Waals surface area contributed by atoms with Gasteiger partial charge in [0.15, 0.2) is 5.82 Å². The second-order valence-corrected chi connectivity index (χ2v) is 7.92. The van der Waals surface area contributed by atoms with Crippen LogP contribution < -0.4 is 10.5 Å². The summed E-state index contributed by atoms with van der Waals surface area (Å²) in [5, 5.41) is 30.6. The van der Waals surface area contributed by atoms with Gasteiger partial charge in [0, 0.05) is 22.7 Å². The number of benzene rings is 1. The molecule has 3 aromatic rings. The normalized spacial score (nSPS) is 11.6. The first kappa shape index (κ1) is 17.8. The number of aliphatic hydroxyl groups is 1. The Morgan fingerprint density at radius 3 is 2.84 bits per heavy atom. The Labute approximate surface area is 152 Å². The summed E-state index contributed by atoms with van der Waals surface area (Å²) in [7, 11) is -4.04. The van der Waals surface area contributed by atoms with Gasteiger partial charge in [-0.15, -0.1) is 16.4 Å². The van der Waals surface area contributed by atoms with E-state index in [9.17, 15) is 13.5 Å². The van der Waals surface area contributed by atoms with Crippen molar-refractivity contribution in [2.75, 3.05) is 5.32 Å². The lowest BCUT2D eigenvalue weighted by Gasteiger charge is -2.14. The van der Waals surface area contributed by atoms with Gasteiger partial charge >= 0.3 is 0 Å². The topological polar surface area (TPSA) is 136 Å². The number of nitrogens with zero attached hydrogens (tertiary/aromatic N) is 4. The summed E-state index contributed by atoms with van der Waals surface area (Å²) in [5.74, 6) is 0.178. The van der Waals surface area contributed by atoms with Crippen LogP contribution in [0, 0.1) is 0 Å². The number of tetrazole rings is 1. The second-order valence-electron chi connectivity index (χ2n) is 4.95. The third kappa shape index (κ3) is 3.80. The number of aromatic nitrogens is 4. The summed E-state index contributed by atoms with van der Waals surface area (Å²) in [4.78, 5) is 0.817. The molecule has 1 aromatic carbocycles. The minimum absolute atomic E-state index is 0.0250. The molecular weight excluding hydrogens is 388 g/mol. The second kappa shape index (κ2) is 7.06. The van der Waals surface area contributed by atoms with E-state index in [0.717, 1.165) is 9.56 Å². The molecule has 0 amide bonds.